The Bertz CT molecular complexity index is 502. The van der Waals surface area contributed by atoms with Crippen LogP contribution in [0.25, 0.3) is 0 Å². The minimum absolute atomic E-state index is 0.0881. The summed E-state index contributed by atoms with van der Waals surface area (Å²) in [5, 5.41) is 7.21. The highest BCUT2D eigenvalue weighted by Gasteiger charge is 2.24. The first kappa shape index (κ1) is 14.0. The van der Waals surface area contributed by atoms with Gasteiger partial charge in [0, 0.05) is 34.9 Å². The Morgan fingerprint density at radius 1 is 1.53 bits per heavy atom. The number of rotatable bonds is 3. The minimum Gasteiger partial charge on any atom is -0.395 e. The normalized spacial score (nSPS) is 23.3. The zero-order chi connectivity index (χ0) is 14.0. The van der Waals surface area contributed by atoms with E-state index in [1.54, 1.807) is 11.6 Å². The molecule has 0 spiro atoms. The van der Waals surface area contributed by atoms with Crippen LogP contribution in [0.5, 0.6) is 0 Å². The summed E-state index contributed by atoms with van der Waals surface area (Å²) < 4.78 is 12.9. The summed E-state index contributed by atoms with van der Waals surface area (Å²) in [4.78, 5) is 12.3. The summed E-state index contributed by atoms with van der Waals surface area (Å²) in [6.07, 6.45) is 1.52. The lowest BCUT2D eigenvalue weighted by Crippen LogP contribution is -2.40. The molecule has 0 saturated carbocycles. The number of amides is 1. The number of hydrogen-bond donors (Lipinski definition) is 2. The number of nitrogen functional groups attached to an aromatic ring is 1. The lowest BCUT2D eigenvalue weighted by atomic mass is 10.1. The van der Waals surface area contributed by atoms with Gasteiger partial charge in [0.25, 0.3) is 5.91 Å². The third-order valence-corrected chi connectivity index (χ3v) is 4.79. The predicted octanol–water partition coefficient (Wildman–Crippen LogP) is 0.435. The van der Waals surface area contributed by atoms with Crippen molar-refractivity contribution in [3.8, 4) is 0 Å². The van der Waals surface area contributed by atoms with Crippen molar-refractivity contribution in [1.82, 2.24) is 15.1 Å². The smallest absolute Gasteiger partial charge is 0.271 e. The molecule has 0 aromatic carbocycles. The van der Waals surface area contributed by atoms with Crippen LogP contribution in [-0.2, 0) is 17.3 Å². The Kier molecular flexibility index (Phi) is 4.24. The summed E-state index contributed by atoms with van der Waals surface area (Å²) in [5.74, 6) is 1.14. The molecular formula is C12H20N4O2S. The van der Waals surface area contributed by atoms with Crippen molar-refractivity contribution in [1.29, 1.82) is 0 Å². The van der Waals surface area contributed by atoms with Crippen molar-refractivity contribution in [3.05, 3.63) is 11.4 Å². The lowest BCUT2D eigenvalue weighted by molar-refractivity contribution is 0.0924. The molecular weight excluding hydrogens is 264 g/mol. The molecule has 0 radical (unpaired) electrons. The number of anilines is 1. The Morgan fingerprint density at radius 3 is 2.74 bits per heavy atom. The van der Waals surface area contributed by atoms with Crippen molar-refractivity contribution in [2.45, 2.75) is 39.3 Å². The van der Waals surface area contributed by atoms with E-state index >= 15 is 0 Å². The predicted molar refractivity (Wildman–Crippen MR) is 75.4 cm³/mol. The van der Waals surface area contributed by atoms with Crippen molar-refractivity contribution in [2.75, 3.05) is 17.2 Å². The van der Waals surface area contributed by atoms with Gasteiger partial charge in [-0.3, -0.25) is 13.7 Å². The summed E-state index contributed by atoms with van der Waals surface area (Å²) >= 11 is 0. The minimum atomic E-state index is -0.720. The van der Waals surface area contributed by atoms with E-state index in [0.717, 1.165) is 12.8 Å². The summed E-state index contributed by atoms with van der Waals surface area (Å²) in [6, 6.07) is 0.0881. The molecule has 0 aliphatic carbocycles. The third kappa shape index (κ3) is 2.97. The topological polar surface area (TPSA) is 90.0 Å². The molecule has 1 aliphatic rings. The van der Waals surface area contributed by atoms with Crippen LogP contribution in [0.1, 0.15) is 35.9 Å². The Labute approximate surface area is 115 Å². The zero-order valence-electron chi connectivity index (χ0n) is 11.3. The number of aryl methyl sites for hydroxylation is 2. The van der Waals surface area contributed by atoms with E-state index in [9.17, 15) is 9.00 Å². The van der Waals surface area contributed by atoms with Gasteiger partial charge in [-0.1, -0.05) is 0 Å². The van der Waals surface area contributed by atoms with Crippen LogP contribution in [0.2, 0.25) is 0 Å². The van der Waals surface area contributed by atoms with Crippen LogP contribution in [-0.4, -0.2) is 37.4 Å². The highest BCUT2D eigenvalue weighted by molar-refractivity contribution is 7.85. The second-order valence-corrected chi connectivity index (χ2v) is 6.46. The van der Waals surface area contributed by atoms with Gasteiger partial charge < -0.3 is 11.1 Å². The van der Waals surface area contributed by atoms with Crippen LogP contribution in [0.3, 0.4) is 0 Å². The van der Waals surface area contributed by atoms with Crippen LogP contribution >= 0.6 is 0 Å². The summed E-state index contributed by atoms with van der Waals surface area (Å²) in [7, 11) is -0.720. The highest BCUT2D eigenvalue weighted by atomic mass is 32.2. The molecule has 1 aliphatic heterocycles. The molecule has 7 heteroatoms. The first-order valence-electron chi connectivity index (χ1n) is 6.51. The van der Waals surface area contributed by atoms with Crippen LogP contribution in [0, 0.1) is 6.92 Å². The SMILES string of the molecule is CCn1nc(C)c(N)c1C(=O)NC1CCS(=O)CC1. The van der Waals surface area contributed by atoms with E-state index in [2.05, 4.69) is 10.4 Å². The largest absolute Gasteiger partial charge is 0.395 e. The average Bonchev–Trinajstić information content (AvgIpc) is 2.68. The molecule has 6 nitrogen and oxygen atoms in total. The highest BCUT2D eigenvalue weighted by Crippen LogP contribution is 2.17. The quantitative estimate of drug-likeness (QED) is 0.842. The lowest BCUT2D eigenvalue weighted by Gasteiger charge is -2.22. The van der Waals surface area contributed by atoms with Gasteiger partial charge in [-0.2, -0.15) is 5.10 Å². The van der Waals surface area contributed by atoms with E-state index < -0.39 is 10.8 Å². The van der Waals surface area contributed by atoms with E-state index in [1.807, 2.05) is 6.92 Å². The van der Waals surface area contributed by atoms with Crippen LogP contribution < -0.4 is 11.1 Å². The van der Waals surface area contributed by atoms with E-state index in [-0.39, 0.29) is 11.9 Å². The maximum Gasteiger partial charge on any atom is 0.271 e. The number of hydrogen-bond acceptors (Lipinski definition) is 4. The summed E-state index contributed by atoms with van der Waals surface area (Å²) in [5.41, 5.74) is 7.47. The second kappa shape index (κ2) is 5.73. The maximum absolute atomic E-state index is 12.3. The number of carbonyl (C=O) groups is 1. The summed E-state index contributed by atoms with van der Waals surface area (Å²) in [6.45, 7) is 4.32. The van der Waals surface area contributed by atoms with Crippen molar-refractivity contribution in [2.24, 2.45) is 0 Å². The Balaban J connectivity index is 2.09. The van der Waals surface area contributed by atoms with Crippen molar-refractivity contribution in [3.63, 3.8) is 0 Å². The molecule has 106 valence electrons. The monoisotopic (exact) mass is 284 g/mol. The molecule has 1 fully saturated rings. The molecule has 19 heavy (non-hydrogen) atoms. The number of carbonyl (C=O) groups excluding carboxylic acids is 1. The third-order valence-electron chi connectivity index (χ3n) is 3.41. The van der Waals surface area contributed by atoms with Gasteiger partial charge in [0.2, 0.25) is 0 Å². The zero-order valence-corrected chi connectivity index (χ0v) is 12.1. The van der Waals surface area contributed by atoms with Crippen molar-refractivity contribution >= 4 is 22.4 Å². The first-order chi connectivity index (χ1) is 9.02. The Morgan fingerprint density at radius 2 is 2.16 bits per heavy atom. The second-order valence-electron chi connectivity index (χ2n) is 4.76. The molecule has 2 heterocycles. The first-order valence-corrected chi connectivity index (χ1v) is 8.00. The molecule has 0 atom stereocenters. The van der Waals surface area contributed by atoms with E-state index in [4.69, 9.17) is 5.73 Å². The number of aromatic nitrogens is 2. The number of nitrogens with one attached hydrogen (secondary N) is 1. The molecule has 0 unspecified atom stereocenters. The van der Waals surface area contributed by atoms with E-state index in [1.165, 1.54) is 0 Å². The standard InChI is InChI=1S/C12H20N4O2S/c1-3-16-11(10(13)8(2)15-16)12(17)14-9-4-6-19(18)7-5-9/h9H,3-7,13H2,1-2H3,(H,14,17). The average molecular weight is 284 g/mol. The number of nitrogens with zero attached hydrogens (tertiary/aromatic N) is 2. The maximum atomic E-state index is 12.3. The molecule has 3 N–H and O–H groups in total. The van der Waals surface area contributed by atoms with Gasteiger partial charge in [0.1, 0.15) is 5.69 Å². The molecule has 0 bridgehead atoms. The van der Waals surface area contributed by atoms with E-state index in [0.29, 0.717) is 35.1 Å². The van der Waals surface area contributed by atoms with Crippen LogP contribution in [0.4, 0.5) is 5.69 Å². The van der Waals surface area contributed by atoms with Crippen LogP contribution in [0.15, 0.2) is 0 Å². The molecule has 2 rings (SSSR count). The molecule has 1 saturated heterocycles. The van der Waals surface area contributed by atoms with Crippen molar-refractivity contribution < 1.29 is 9.00 Å². The van der Waals surface area contributed by atoms with Gasteiger partial charge in [-0.05, 0) is 26.7 Å². The molecule has 1 aromatic rings. The number of nitrogens with two attached hydrogens (primary N) is 1. The fourth-order valence-corrected chi connectivity index (χ4v) is 3.55. The molecule has 1 amide bonds. The Hall–Kier alpha value is -1.37. The van der Waals surface area contributed by atoms with Gasteiger partial charge in [-0.25, -0.2) is 0 Å². The molecule has 1 aromatic heterocycles. The van der Waals surface area contributed by atoms with Gasteiger partial charge in [0.15, 0.2) is 0 Å². The van der Waals surface area contributed by atoms with Gasteiger partial charge in [-0.15, -0.1) is 0 Å². The fourth-order valence-electron chi connectivity index (χ4n) is 2.26. The van der Waals surface area contributed by atoms with Gasteiger partial charge in [0.05, 0.1) is 11.4 Å². The fraction of sp³-hybridized carbons (Fsp3) is 0.667. The van der Waals surface area contributed by atoms with Gasteiger partial charge >= 0.3 is 0 Å².